The highest BCUT2D eigenvalue weighted by Gasteiger charge is 2.17. The molecule has 0 heterocycles. The van der Waals surface area contributed by atoms with E-state index in [1.165, 1.54) is 38.5 Å². The molecule has 1 aliphatic carbocycles. The summed E-state index contributed by atoms with van der Waals surface area (Å²) in [5.74, 6) is 3.00. The summed E-state index contributed by atoms with van der Waals surface area (Å²) >= 11 is 0. The lowest BCUT2D eigenvalue weighted by Gasteiger charge is -2.26. The first kappa shape index (κ1) is 10.1. The van der Waals surface area contributed by atoms with Gasteiger partial charge in [-0.1, -0.05) is 46.5 Å². The zero-order chi connectivity index (χ0) is 8.97. The average Bonchev–Trinajstić information content (AvgIpc) is 2.00. The summed E-state index contributed by atoms with van der Waals surface area (Å²) in [6.45, 7) is 7.21. The van der Waals surface area contributed by atoms with E-state index in [1.54, 1.807) is 0 Å². The molecule has 1 fully saturated rings. The average molecular weight is 168 g/mol. The van der Waals surface area contributed by atoms with Gasteiger partial charge in [0.25, 0.3) is 0 Å². The lowest BCUT2D eigenvalue weighted by atomic mass is 9.80. The molecule has 0 bridgehead atoms. The maximum atomic E-state index is 2.43. The summed E-state index contributed by atoms with van der Waals surface area (Å²) in [5, 5.41) is 0. The van der Waals surface area contributed by atoms with Crippen LogP contribution < -0.4 is 0 Å². The first-order chi connectivity index (χ1) is 5.72. The van der Waals surface area contributed by atoms with E-state index in [1.807, 2.05) is 0 Å². The van der Waals surface area contributed by atoms with Crippen LogP contribution in [0.25, 0.3) is 0 Å². The van der Waals surface area contributed by atoms with Crippen LogP contribution in [-0.2, 0) is 0 Å². The van der Waals surface area contributed by atoms with Crippen molar-refractivity contribution in [2.24, 2.45) is 17.8 Å². The van der Waals surface area contributed by atoms with Crippen LogP contribution in [0.4, 0.5) is 0 Å². The monoisotopic (exact) mass is 168 g/mol. The summed E-state index contributed by atoms with van der Waals surface area (Å²) in [7, 11) is 0. The fourth-order valence-corrected chi connectivity index (χ4v) is 2.62. The van der Waals surface area contributed by atoms with Crippen LogP contribution in [0.2, 0.25) is 0 Å². The van der Waals surface area contributed by atoms with E-state index in [-0.39, 0.29) is 0 Å². The van der Waals surface area contributed by atoms with Crippen molar-refractivity contribution in [2.45, 2.75) is 59.3 Å². The molecule has 12 heavy (non-hydrogen) atoms. The maximum Gasteiger partial charge on any atom is -0.0412 e. The van der Waals surface area contributed by atoms with Crippen molar-refractivity contribution >= 4 is 0 Å². The van der Waals surface area contributed by atoms with Gasteiger partial charge in [-0.25, -0.2) is 0 Å². The second-order valence-corrected chi connectivity index (χ2v) is 4.89. The predicted molar refractivity (Wildman–Crippen MR) is 55.2 cm³/mol. The Morgan fingerprint density at radius 3 is 1.92 bits per heavy atom. The molecule has 2 atom stereocenters. The minimum atomic E-state index is 0.988. The fourth-order valence-electron chi connectivity index (χ4n) is 2.62. The minimum Gasteiger partial charge on any atom is -0.0651 e. The molecule has 1 rings (SSSR count). The molecule has 2 unspecified atom stereocenters. The molecule has 0 N–H and O–H groups in total. The topological polar surface area (TPSA) is 0 Å². The van der Waals surface area contributed by atoms with Gasteiger partial charge in [-0.15, -0.1) is 0 Å². The molecule has 72 valence electrons. The van der Waals surface area contributed by atoms with Gasteiger partial charge in [-0.05, 0) is 30.6 Å². The van der Waals surface area contributed by atoms with Crippen LogP contribution >= 0.6 is 0 Å². The molecule has 0 aromatic heterocycles. The summed E-state index contributed by atoms with van der Waals surface area (Å²) < 4.78 is 0. The zero-order valence-corrected chi connectivity index (χ0v) is 8.97. The Bertz CT molecular complexity index is 105. The largest absolute Gasteiger partial charge is 0.0651 e. The van der Waals surface area contributed by atoms with E-state index in [2.05, 4.69) is 20.8 Å². The van der Waals surface area contributed by atoms with E-state index in [0.29, 0.717) is 0 Å². The SMILES string of the molecule is CCC1CC(C)CCCC(C)C1. The van der Waals surface area contributed by atoms with Crippen molar-refractivity contribution in [1.29, 1.82) is 0 Å². The summed E-state index contributed by atoms with van der Waals surface area (Å²) in [5.41, 5.74) is 0. The summed E-state index contributed by atoms with van der Waals surface area (Å²) in [6.07, 6.45) is 8.79. The van der Waals surface area contributed by atoms with Crippen LogP contribution in [-0.4, -0.2) is 0 Å². The molecule has 1 aliphatic rings. The third-order valence-electron chi connectivity index (χ3n) is 3.44. The molecule has 0 amide bonds. The second-order valence-electron chi connectivity index (χ2n) is 4.89. The molecular weight excluding hydrogens is 144 g/mol. The molecule has 0 aliphatic heterocycles. The molecular formula is C12H24. The quantitative estimate of drug-likeness (QED) is 0.549. The van der Waals surface area contributed by atoms with Crippen molar-refractivity contribution in [3.63, 3.8) is 0 Å². The highest BCUT2D eigenvalue weighted by molar-refractivity contribution is 4.70. The third-order valence-corrected chi connectivity index (χ3v) is 3.44. The Morgan fingerprint density at radius 1 is 1.00 bits per heavy atom. The molecule has 0 aromatic carbocycles. The van der Waals surface area contributed by atoms with E-state index < -0.39 is 0 Å². The van der Waals surface area contributed by atoms with Gasteiger partial charge >= 0.3 is 0 Å². The summed E-state index contributed by atoms with van der Waals surface area (Å²) in [4.78, 5) is 0. The van der Waals surface area contributed by atoms with Gasteiger partial charge in [-0.3, -0.25) is 0 Å². The lowest BCUT2D eigenvalue weighted by molar-refractivity contribution is 0.260. The van der Waals surface area contributed by atoms with E-state index in [0.717, 1.165) is 17.8 Å². The van der Waals surface area contributed by atoms with Crippen molar-refractivity contribution in [2.75, 3.05) is 0 Å². The van der Waals surface area contributed by atoms with Crippen LogP contribution in [0.1, 0.15) is 59.3 Å². The molecule has 0 spiro atoms. The molecule has 0 heteroatoms. The minimum absolute atomic E-state index is 0.988. The number of hydrogen-bond donors (Lipinski definition) is 0. The fraction of sp³-hybridized carbons (Fsp3) is 1.00. The first-order valence-electron chi connectivity index (χ1n) is 5.72. The smallest absolute Gasteiger partial charge is 0.0412 e. The van der Waals surface area contributed by atoms with Gasteiger partial charge in [0.15, 0.2) is 0 Å². The Hall–Kier alpha value is 0. The third kappa shape index (κ3) is 3.16. The molecule has 0 saturated heterocycles. The number of hydrogen-bond acceptors (Lipinski definition) is 0. The van der Waals surface area contributed by atoms with Gasteiger partial charge in [0, 0.05) is 0 Å². The zero-order valence-electron chi connectivity index (χ0n) is 8.97. The Morgan fingerprint density at radius 2 is 1.50 bits per heavy atom. The van der Waals surface area contributed by atoms with Gasteiger partial charge < -0.3 is 0 Å². The van der Waals surface area contributed by atoms with Gasteiger partial charge in [-0.2, -0.15) is 0 Å². The van der Waals surface area contributed by atoms with Gasteiger partial charge in [0.1, 0.15) is 0 Å². The van der Waals surface area contributed by atoms with Gasteiger partial charge in [0.2, 0.25) is 0 Å². The lowest BCUT2D eigenvalue weighted by Crippen LogP contribution is -2.13. The molecule has 1 saturated carbocycles. The number of rotatable bonds is 1. The Balaban J connectivity index is 2.39. The normalized spacial score (nSPS) is 38.8. The van der Waals surface area contributed by atoms with Crippen LogP contribution in [0.5, 0.6) is 0 Å². The van der Waals surface area contributed by atoms with Crippen molar-refractivity contribution in [3.05, 3.63) is 0 Å². The maximum absolute atomic E-state index is 2.43. The van der Waals surface area contributed by atoms with Crippen LogP contribution in [0.15, 0.2) is 0 Å². The van der Waals surface area contributed by atoms with Crippen molar-refractivity contribution in [1.82, 2.24) is 0 Å². The van der Waals surface area contributed by atoms with E-state index >= 15 is 0 Å². The highest BCUT2D eigenvalue weighted by Crippen LogP contribution is 2.31. The summed E-state index contributed by atoms with van der Waals surface area (Å²) in [6, 6.07) is 0. The van der Waals surface area contributed by atoms with Crippen LogP contribution in [0.3, 0.4) is 0 Å². The van der Waals surface area contributed by atoms with E-state index in [4.69, 9.17) is 0 Å². The van der Waals surface area contributed by atoms with Crippen molar-refractivity contribution in [3.8, 4) is 0 Å². The molecule has 0 radical (unpaired) electrons. The predicted octanol–water partition coefficient (Wildman–Crippen LogP) is 4.25. The Kier molecular flexibility index (Phi) is 4.11. The second kappa shape index (κ2) is 4.89. The van der Waals surface area contributed by atoms with Crippen LogP contribution in [0, 0.1) is 17.8 Å². The van der Waals surface area contributed by atoms with Gasteiger partial charge in [0.05, 0.1) is 0 Å². The molecule has 0 aromatic rings. The van der Waals surface area contributed by atoms with Crippen molar-refractivity contribution < 1.29 is 0 Å². The highest BCUT2D eigenvalue weighted by atomic mass is 14.2. The molecule has 0 nitrogen and oxygen atoms in total. The standard InChI is InChI=1S/C12H24/c1-4-12-8-10(2)6-5-7-11(3)9-12/h10-12H,4-9H2,1-3H3. The van der Waals surface area contributed by atoms with E-state index in [9.17, 15) is 0 Å². The first-order valence-corrected chi connectivity index (χ1v) is 5.72. The Labute approximate surface area is 77.7 Å².